The Hall–Kier alpha value is -2.99. The minimum absolute atomic E-state index is 0.0433. The number of hydrogen-bond acceptors (Lipinski definition) is 5. The molecular weight excluding hydrogens is 330 g/mol. The number of aromatic nitrogens is 3. The molecule has 3 heterocycles. The molecule has 6 nitrogen and oxygen atoms in total. The molecule has 26 heavy (non-hydrogen) atoms. The van der Waals surface area contributed by atoms with Crippen LogP contribution in [0.15, 0.2) is 57.8 Å². The predicted molar refractivity (Wildman–Crippen MR) is 97.3 cm³/mol. The Morgan fingerprint density at radius 1 is 1.04 bits per heavy atom. The van der Waals surface area contributed by atoms with Crippen molar-refractivity contribution in [1.82, 2.24) is 14.7 Å². The normalized spacial score (nSPS) is 17.3. The van der Waals surface area contributed by atoms with E-state index >= 15 is 0 Å². The van der Waals surface area contributed by atoms with Crippen molar-refractivity contribution in [3.8, 4) is 0 Å². The Bertz CT molecular complexity index is 1100. The zero-order chi connectivity index (χ0) is 17.5. The van der Waals surface area contributed by atoms with Gasteiger partial charge in [0.2, 0.25) is 5.89 Å². The van der Waals surface area contributed by atoms with Gasteiger partial charge >= 0.3 is 0 Å². The van der Waals surface area contributed by atoms with E-state index in [9.17, 15) is 4.79 Å². The fraction of sp³-hybridized carbons (Fsp3) is 0.250. The molecular formula is C20H17N3O3. The second-order valence-corrected chi connectivity index (χ2v) is 6.56. The van der Waals surface area contributed by atoms with Gasteiger partial charge < -0.3 is 13.8 Å². The maximum atomic E-state index is 12.8. The first-order chi connectivity index (χ1) is 12.8. The van der Waals surface area contributed by atoms with Crippen LogP contribution in [0.3, 0.4) is 0 Å². The smallest absolute Gasteiger partial charge is 0.246 e. The van der Waals surface area contributed by atoms with E-state index in [1.807, 2.05) is 48.5 Å². The van der Waals surface area contributed by atoms with Gasteiger partial charge in [-0.05, 0) is 30.7 Å². The monoisotopic (exact) mass is 347 g/mol. The zero-order valence-electron chi connectivity index (χ0n) is 14.1. The lowest BCUT2D eigenvalue weighted by atomic mass is 10.1. The Balaban J connectivity index is 1.66. The molecule has 130 valence electrons. The fourth-order valence-electron chi connectivity index (χ4n) is 3.62. The molecule has 0 radical (unpaired) electrons. The van der Waals surface area contributed by atoms with Crippen LogP contribution in [0.5, 0.6) is 0 Å². The molecule has 1 aliphatic heterocycles. The molecule has 0 aliphatic carbocycles. The fourth-order valence-corrected chi connectivity index (χ4v) is 3.62. The average Bonchev–Trinajstić information content (AvgIpc) is 3.37. The summed E-state index contributed by atoms with van der Waals surface area (Å²) in [7, 11) is 0. The summed E-state index contributed by atoms with van der Waals surface area (Å²) >= 11 is 0. The van der Waals surface area contributed by atoms with Crippen LogP contribution in [0.2, 0.25) is 0 Å². The summed E-state index contributed by atoms with van der Waals surface area (Å²) in [5, 5.41) is 5.51. The van der Waals surface area contributed by atoms with Crippen molar-refractivity contribution in [1.29, 1.82) is 0 Å². The maximum Gasteiger partial charge on any atom is 0.246 e. The summed E-state index contributed by atoms with van der Waals surface area (Å²) in [5.74, 6) is 1.44. The molecule has 1 saturated heterocycles. The minimum atomic E-state index is 0.0433. The molecule has 0 bridgehead atoms. The summed E-state index contributed by atoms with van der Waals surface area (Å²) in [6.07, 6.45) is 0.920. The standard InChI is InChI=1S/C20H17N3O3/c24-19-14-5-1-3-7-16(14)23(17-8-4-2-6-15(17)19)11-18-21-20(22-26-18)13-9-10-25-12-13/h1-8,13H,9-12H2/t13-/m1/s1. The zero-order valence-corrected chi connectivity index (χ0v) is 14.1. The second-order valence-electron chi connectivity index (χ2n) is 6.56. The van der Waals surface area contributed by atoms with Crippen molar-refractivity contribution in [2.24, 2.45) is 0 Å². The first-order valence-corrected chi connectivity index (χ1v) is 8.72. The van der Waals surface area contributed by atoms with Crippen LogP contribution >= 0.6 is 0 Å². The number of nitrogens with zero attached hydrogens (tertiary/aromatic N) is 3. The third-order valence-electron chi connectivity index (χ3n) is 4.95. The van der Waals surface area contributed by atoms with Crippen LogP contribution in [-0.4, -0.2) is 27.9 Å². The van der Waals surface area contributed by atoms with Crippen molar-refractivity contribution in [2.75, 3.05) is 13.2 Å². The lowest BCUT2D eigenvalue weighted by Crippen LogP contribution is -2.12. The van der Waals surface area contributed by atoms with Gasteiger partial charge in [0.15, 0.2) is 11.3 Å². The van der Waals surface area contributed by atoms with E-state index in [1.165, 1.54) is 0 Å². The summed E-state index contributed by atoms with van der Waals surface area (Å²) in [5.41, 5.74) is 1.77. The molecule has 0 N–H and O–H groups in total. The molecule has 4 aromatic rings. The first kappa shape index (κ1) is 15.3. The van der Waals surface area contributed by atoms with Crippen LogP contribution < -0.4 is 5.43 Å². The molecule has 6 heteroatoms. The molecule has 1 aliphatic rings. The Morgan fingerprint density at radius 2 is 1.73 bits per heavy atom. The third kappa shape index (κ3) is 2.42. The summed E-state index contributed by atoms with van der Waals surface area (Å²) in [6.45, 7) is 1.80. The Labute approximate surface area is 149 Å². The number of ether oxygens (including phenoxy) is 1. The van der Waals surface area contributed by atoms with Crippen LogP contribution in [0, 0.1) is 0 Å². The lowest BCUT2D eigenvalue weighted by molar-refractivity contribution is 0.192. The number of pyridine rings is 1. The van der Waals surface area contributed by atoms with Crippen LogP contribution in [-0.2, 0) is 11.3 Å². The molecule has 0 amide bonds. The van der Waals surface area contributed by atoms with Crippen molar-refractivity contribution in [2.45, 2.75) is 18.9 Å². The third-order valence-corrected chi connectivity index (χ3v) is 4.95. The van der Waals surface area contributed by atoms with Gasteiger partial charge in [-0.1, -0.05) is 29.4 Å². The summed E-state index contributed by atoms with van der Waals surface area (Å²) in [6, 6.07) is 15.2. The molecule has 2 aromatic carbocycles. The largest absolute Gasteiger partial charge is 0.381 e. The van der Waals surface area contributed by atoms with E-state index in [-0.39, 0.29) is 11.3 Å². The summed E-state index contributed by atoms with van der Waals surface area (Å²) in [4.78, 5) is 17.4. The number of benzene rings is 2. The first-order valence-electron chi connectivity index (χ1n) is 8.72. The van der Waals surface area contributed by atoms with Gasteiger partial charge in [0.25, 0.3) is 0 Å². The highest BCUT2D eigenvalue weighted by atomic mass is 16.5. The molecule has 2 aromatic heterocycles. The second kappa shape index (κ2) is 6.07. The topological polar surface area (TPSA) is 70.2 Å². The Kier molecular flexibility index (Phi) is 3.57. The molecule has 0 spiro atoms. The highest BCUT2D eigenvalue weighted by molar-refractivity contribution is 5.93. The molecule has 0 unspecified atom stereocenters. The Morgan fingerprint density at radius 3 is 2.38 bits per heavy atom. The molecule has 0 saturated carbocycles. The maximum absolute atomic E-state index is 12.8. The van der Waals surface area contributed by atoms with Crippen molar-refractivity contribution in [3.63, 3.8) is 0 Å². The molecule has 5 rings (SSSR count). The predicted octanol–water partition coefficient (Wildman–Crippen LogP) is 3.09. The van der Waals surface area contributed by atoms with Gasteiger partial charge in [0.05, 0.1) is 17.6 Å². The van der Waals surface area contributed by atoms with Crippen LogP contribution in [0.25, 0.3) is 21.8 Å². The van der Waals surface area contributed by atoms with Gasteiger partial charge in [-0.2, -0.15) is 4.98 Å². The van der Waals surface area contributed by atoms with Crippen LogP contribution in [0.1, 0.15) is 24.1 Å². The van der Waals surface area contributed by atoms with Gasteiger partial charge in [0, 0.05) is 23.3 Å². The quantitative estimate of drug-likeness (QED) is 0.533. The minimum Gasteiger partial charge on any atom is -0.381 e. The van der Waals surface area contributed by atoms with E-state index in [0.717, 1.165) is 24.1 Å². The number of rotatable bonds is 3. The van der Waals surface area contributed by atoms with Gasteiger partial charge in [-0.15, -0.1) is 0 Å². The van der Waals surface area contributed by atoms with Gasteiger partial charge in [-0.25, -0.2) is 0 Å². The average molecular weight is 347 g/mol. The van der Waals surface area contributed by atoms with Crippen molar-refractivity contribution >= 4 is 21.8 Å². The van der Waals surface area contributed by atoms with Crippen molar-refractivity contribution in [3.05, 3.63) is 70.5 Å². The van der Waals surface area contributed by atoms with E-state index in [4.69, 9.17) is 9.26 Å². The van der Waals surface area contributed by atoms with E-state index in [2.05, 4.69) is 14.7 Å². The van der Waals surface area contributed by atoms with Gasteiger partial charge in [0.1, 0.15) is 6.54 Å². The van der Waals surface area contributed by atoms with E-state index in [1.54, 1.807) is 0 Å². The van der Waals surface area contributed by atoms with Gasteiger partial charge in [-0.3, -0.25) is 4.79 Å². The molecule has 1 atom stereocenters. The number of hydrogen-bond donors (Lipinski definition) is 0. The highest BCUT2D eigenvalue weighted by Crippen LogP contribution is 2.24. The number of fused-ring (bicyclic) bond motifs is 2. The van der Waals surface area contributed by atoms with E-state index in [0.29, 0.717) is 35.6 Å². The highest BCUT2D eigenvalue weighted by Gasteiger charge is 2.23. The molecule has 1 fully saturated rings. The lowest BCUT2D eigenvalue weighted by Gasteiger charge is -2.13. The number of para-hydroxylation sites is 2. The van der Waals surface area contributed by atoms with Crippen molar-refractivity contribution < 1.29 is 9.26 Å². The van der Waals surface area contributed by atoms with E-state index < -0.39 is 0 Å². The summed E-state index contributed by atoms with van der Waals surface area (Å²) < 4.78 is 13.0. The van der Waals surface area contributed by atoms with Crippen LogP contribution in [0.4, 0.5) is 0 Å². The SMILES string of the molecule is O=c1c2ccccc2n(Cc2nc([C@@H]3CCOC3)no2)c2ccccc12.